The van der Waals surface area contributed by atoms with Crippen LogP contribution in [0.4, 0.5) is 4.39 Å². The van der Waals surface area contributed by atoms with Crippen molar-refractivity contribution in [2.45, 2.75) is 10.8 Å². The highest BCUT2D eigenvalue weighted by molar-refractivity contribution is 7.85. The van der Waals surface area contributed by atoms with E-state index in [0.717, 1.165) is 16.2 Å². The highest BCUT2D eigenvalue weighted by Gasteiger charge is 2.11. The lowest BCUT2D eigenvalue weighted by Crippen LogP contribution is -2.02. The number of rotatable bonds is 3. The van der Waals surface area contributed by atoms with Crippen molar-refractivity contribution in [2.24, 2.45) is 5.14 Å². The zero-order valence-corrected chi connectivity index (χ0v) is 8.10. The molecule has 6 heteroatoms. The summed E-state index contributed by atoms with van der Waals surface area (Å²) >= 11 is 1.13. The molecule has 1 rings (SSSR count). The van der Waals surface area contributed by atoms with E-state index in [-0.39, 0.29) is 4.21 Å². The Labute approximate surface area is 76.4 Å². The number of thiophene rings is 1. The Morgan fingerprint density at radius 2 is 2.50 bits per heavy atom. The molecular formula is C6H9FN2OS2. The van der Waals surface area contributed by atoms with Crippen LogP contribution in [0.5, 0.6) is 0 Å². The van der Waals surface area contributed by atoms with Crippen LogP contribution in [-0.2, 0) is 17.5 Å². The van der Waals surface area contributed by atoms with Gasteiger partial charge < -0.3 is 5.32 Å². The highest BCUT2D eigenvalue weighted by atomic mass is 32.2. The number of nitrogens with one attached hydrogen (secondary N) is 1. The minimum absolute atomic E-state index is 0.111. The molecule has 68 valence electrons. The molecule has 0 aliphatic carbocycles. The number of hydrogen-bond acceptors (Lipinski definition) is 3. The van der Waals surface area contributed by atoms with Crippen LogP contribution in [0.2, 0.25) is 0 Å². The van der Waals surface area contributed by atoms with Crippen LogP contribution in [0, 0.1) is 5.82 Å². The first kappa shape index (κ1) is 9.79. The van der Waals surface area contributed by atoms with E-state index in [2.05, 4.69) is 5.32 Å². The van der Waals surface area contributed by atoms with Crippen molar-refractivity contribution in [2.75, 3.05) is 7.05 Å². The molecule has 1 heterocycles. The van der Waals surface area contributed by atoms with Crippen LogP contribution in [0.15, 0.2) is 10.3 Å². The third-order valence-corrected chi connectivity index (χ3v) is 3.45. The summed E-state index contributed by atoms with van der Waals surface area (Å²) in [5.74, 6) is -0.480. The van der Waals surface area contributed by atoms with E-state index in [4.69, 9.17) is 5.14 Å². The van der Waals surface area contributed by atoms with Crippen LogP contribution in [0.25, 0.3) is 0 Å². The van der Waals surface area contributed by atoms with Crippen molar-refractivity contribution in [1.82, 2.24) is 5.32 Å². The van der Waals surface area contributed by atoms with Crippen LogP contribution >= 0.6 is 11.3 Å². The smallest absolute Gasteiger partial charge is 0.151 e. The monoisotopic (exact) mass is 208 g/mol. The second-order valence-corrected chi connectivity index (χ2v) is 4.57. The van der Waals surface area contributed by atoms with E-state index in [9.17, 15) is 8.60 Å². The molecule has 1 unspecified atom stereocenters. The fourth-order valence-electron chi connectivity index (χ4n) is 0.796. The number of halogens is 1. The van der Waals surface area contributed by atoms with Crippen LogP contribution in [0.3, 0.4) is 0 Å². The first-order valence-corrected chi connectivity index (χ1v) is 5.27. The van der Waals surface area contributed by atoms with Crippen molar-refractivity contribution in [1.29, 1.82) is 0 Å². The van der Waals surface area contributed by atoms with Gasteiger partial charge in [-0.25, -0.2) is 13.7 Å². The number of hydrogen-bond donors (Lipinski definition) is 2. The quantitative estimate of drug-likeness (QED) is 0.763. The molecule has 0 radical (unpaired) electrons. The predicted octanol–water partition coefficient (Wildman–Crippen LogP) is 0.588. The van der Waals surface area contributed by atoms with Gasteiger partial charge >= 0.3 is 0 Å². The lowest BCUT2D eigenvalue weighted by molar-refractivity contribution is 0.605. The molecule has 1 aromatic heterocycles. The summed E-state index contributed by atoms with van der Waals surface area (Å²) in [7, 11) is 0.0531. The first-order valence-electron chi connectivity index (χ1n) is 3.24. The largest absolute Gasteiger partial charge is 0.315 e. The van der Waals surface area contributed by atoms with Crippen LogP contribution < -0.4 is 10.5 Å². The summed E-state index contributed by atoms with van der Waals surface area (Å²) in [4.78, 5) is 0.795. The van der Waals surface area contributed by atoms with E-state index in [1.807, 2.05) is 0 Å². The summed E-state index contributed by atoms with van der Waals surface area (Å²) in [6, 6.07) is 1.35. The summed E-state index contributed by atoms with van der Waals surface area (Å²) in [6.45, 7) is 0.568. The maximum absolute atomic E-state index is 12.9. The molecule has 1 aromatic rings. The molecule has 0 saturated heterocycles. The van der Waals surface area contributed by atoms with E-state index in [1.54, 1.807) is 7.05 Å². The van der Waals surface area contributed by atoms with Crippen molar-refractivity contribution in [3.05, 3.63) is 16.8 Å². The first-order chi connectivity index (χ1) is 5.65. The molecule has 0 fully saturated rings. The molecule has 3 nitrogen and oxygen atoms in total. The van der Waals surface area contributed by atoms with Gasteiger partial charge in [0, 0.05) is 11.4 Å². The zero-order valence-electron chi connectivity index (χ0n) is 6.46. The Bertz CT molecular complexity index is 300. The van der Waals surface area contributed by atoms with Gasteiger partial charge in [-0.15, -0.1) is 11.3 Å². The maximum atomic E-state index is 12.9. The molecule has 0 spiro atoms. The molecule has 0 aliphatic rings. The van der Waals surface area contributed by atoms with Gasteiger partial charge in [0.05, 0.1) is 0 Å². The molecule has 12 heavy (non-hydrogen) atoms. The van der Waals surface area contributed by atoms with E-state index >= 15 is 0 Å². The minimum atomic E-state index is -1.71. The Morgan fingerprint density at radius 1 is 1.83 bits per heavy atom. The number of nitrogens with two attached hydrogens (primary N) is 1. The van der Waals surface area contributed by atoms with Gasteiger partial charge in [-0.2, -0.15) is 0 Å². The topological polar surface area (TPSA) is 55.1 Å². The maximum Gasteiger partial charge on any atom is 0.151 e. The molecule has 0 aliphatic heterocycles. The van der Waals surface area contributed by atoms with Crippen molar-refractivity contribution < 1.29 is 8.60 Å². The Kier molecular flexibility index (Phi) is 3.33. The average molecular weight is 208 g/mol. The third-order valence-electron chi connectivity index (χ3n) is 1.24. The van der Waals surface area contributed by atoms with Gasteiger partial charge in [-0.3, -0.25) is 0 Å². The van der Waals surface area contributed by atoms with E-state index in [0.29, 0.717) is 6.54 Å². The lowest BCUT2D eigenvalue weighted by atomic mass is 10.4. The van der Waals surface area contributed by atoms with Gasteiger partial charge in [-0.1, -0.05) is 0 Å². The molecular weight excluding hydrogens is 199 g/mol. The van der Waals surface area contributed by atoms with Crippen molar-refractivity contribution >= 4 is 22.3 Å². The summed E-state index contributed by atoms with van der Waals surface area (Å²) in [5, 5.41) is 7.91. The van der Waals surface area contributed by atoms with Crippen molar-refractivity contribution in [3.8, 4) is 0 Å². The van der Waals surface area contributed by atoms with Gasteiger partial charge in [0.15, 0.2) is 5.82 Å². The van der Waals surface area contributed by atoms with E-state index in [1.165, 1.54) is 6.07 Å². The minimum Gasteiger partial charge on any atom is -0.315 e. The highest BCUT2D eigenvalue weighted by Crippen LogP contribution is 2.22. The predicted molar refractivity (Wildman–Crippen MR) is 47.6 cm³/mol. The normalized spacial score (nSPS) is 13.2. The van der Waals surface area contributed by atoms with Gasteiger partial charge in [-0.05, 0) is 13.1 Å². The molecule has 0 bridgehead atoms. The van der Waals surface area contributed by atoms with Gasteiger partial charge in [0.1, 0.15) is 15.2 Å². The summed E-state index contributed by atoms with van der Waals surface area (Å²) in [6.07, 6.45) is 0. The Hall–Kier alpha value is -0.300. The summed E-state index contributed by atoms with van der Waals surface area (Å²) < 4.78 is 23.7. The molecule has 0 saturated carbocycles. The van der Waals surface area contributed by atoms with Gasteiger partial charge in [0.2, 0.25) is 0 Å². The van der Waals surface area contributed by atoms with E-state index < -0.39 is 16.8 Å². The van der Waals surface area contributed by atoms with Crippen LogP contribution in [0.1, 0.15) is 4.88 Å². The fraction of sp³-hybridized carbons (Fsp3) is 0.333. The van der Waals surface area contributed by atoms with Crippen LogP contribution in [-0.4, -0.2) is 11.3 Å². The lowest BCUT2D eigenvalue weighted by Gasteiger charge is -1.90. The average Bonchev–Trinajstić information content (AvgIpc) is 2.32. The van der Waals surface area contributed by atoms with Gasteiger partial charge in [0.25, 0.3) is 0 Å². The standard InChI is InChI=1S/C6H9FN2OS2/c1-9-3-4-2-5(7)6(11-4)12(8)10/h2,9H,3,8H2,1H3. The Balaban J connectivity index is 2.92. The molecule has 1 atom stereocenters. The summed E-state index contributed by atoms with van der Waals surface area (Å²) in [5.41, 5.74) is 0. The second kappa shape index (κ2) is 4.08. The zero-order chi connectivity index (χ0) is 9.14. The molecule has 3 N–H and O–H groups in total. The van der Waals surface area contributed by atoms with Crippen molar-refractivity contribution in [3.63, 3.8) is 0 Å². The molecule has 0 amide bonds. The second-order valence-electron chi connectivity index (χ2n) is 2.18. The third kappa shape index (κ3) is 2.10. The fourth-order valence-corrected chi connectivity index (χ4v) is 2.47. The Morgan fingerprint density at radius 3 is 2.92 bits per heavy atom. The molecule has 0 aromatic carbocycles. The SMILES string of the molecule is CNCc1cc(F)c(S(N)=O)s1.